The van der Waals surface area contributed by atoms with E-state index >= 15 is 0 Å². The molecule has 0 atom stereocenters. The van der Waals surface area contributed by atoms with Gasteiger partial charge >= 0.3 is 0 Å². The van der Waals surface area contributed by atoms with E-state index in [0.717, 1.165) is 14.8 Å². The Kier molecular flexibility index (Phi) is 3.70. The number of aromatic nitrogens is 1. The average molecular weight is 356 g/mol. The van der Waals surface area contributed by atoms with Gasteiger partial charge in [0.05, 0.1) is 5.69 Å². The highest BCUT2D eigenvalue weighted by Gasteiger charge is 2.17. The first-order valence-electron chi connectivity index (χ1n) is 5.49. The van der Waals surface area contributed by atoms with Crippen molar-refractivity contribution in [3.05, 3.63) is 44.4 Å². The van der Waals surface area contributed by atoms with E-state index in [2.05, 4.69) is 33.1 Å². The van der Waals surface area contributed by atoms with E-state index in [1.165, 1.54) is 0 Å². The molecule has 4 nitrogen and oxygen atoms in total. The summed E-state index contributed by atoms with van der Waals surface area (Å²) in [6.45, 7) is 5.45. The molecular weight excluding hydrogens is 343 g/mol. The Balaban J connectivity index is 2.27. The fourth-order valence-electron chi connectivity index (χ4n) is 1.76. The molecule has 0 bridgehead atoms. The summed E-state index contributed by atoms with van der Waals surface area (Å²) in [5.41, 5.74) is 2.95. The van der Waals surface area contributed by atoms with Crippen LogP contribution in [0.15, 0.2) is 22.7 Å². The molecule has 1 aromatic heterocycles. The molecule has 18 heavy (non-hydrogen) atoms. The zero-order chi connectivity index (χ0) is 13.3. The number of carbonyl (C=O) groups excluding carboxylic acids is 1. The molecule has 2 aromatic rings. The number of nitrogens with one attached hydrogen (secondary N) is 1. The summed E-state index contributed by atoms with van der Waals surface area (Å²) >= 11 is 2.24. The van der Waals surface area contributed by atoms with Gasteiger partial charge in [0, 0.05) is 9.26 Å². The molecule has 2 rings (SSSR count). The molecule has 0 aliphatic carbocycles. The van der Waals surface area contributed by atoms with Crippen molar-refractivity contribution in [2.24, 2.45) is 0 Å². The van der Waals surface area contributed by atoms with Crippen LogP contribution >= 0.6 is 22.6 Å². The maximum absolute atomic E-state index is 12.1. The van der Waals surface area contributed by atoms with Crippen molar-refractivity contribution in [3.63, 3.8) is 0 Å². The smallest absolute Gasteiger partial charge is 0.261 e. The van der Waals surface area contributed by atoms with Crippen LogP contribution in [-0.4, -0.2) is 11.1 Å². The lowest BCUT2D eigenvalue weighted by atomic mass is 10.1. The van der Waals surface area contributed by atoms with Gasteiger partial charge in [0.1, 0.15) is 11.3 Å². The zero-order valence-corrected chi connectivity index (χ0v) is 12.5. The summed E-state index contributed by atoms with van der Waals surface area (Å²) in [7, 11) is 0. The van der Waals surface area contributed by atoms with E-state index in [9.17, 15) is 4.79 Å². The van der Waals surface area contributed by atoms with Crippen molar-refractivity contribution in [2.45, 2.75) is 20.8 Å². The molecule has 0 spiro atoms. The molecule has 0 unspecified atom stereocenters. The van der Waals surface area contributed by atoms with Crippen LogP contribution in [0.3, 0.4) is 0 Å². The Bertz CT molecular complexity index is 586. The van der Waals surface area contributed by atoms with E-state index in [4.69, 9.17) is 4.52 Å². The zero-order valence-electron chi connectivity index (χ0n) is 10.4. The molecule has 94 valence electrons. The van der Waals surface area contributed by atoms with Crippen molar-refractivity contribution in [3.8, 4) is 0 Å². The van der Waals surface area contributed by atoms with E-state index in [-0.39, 0.29) is 5.91 Å². The third-order valence-corrected chi connectivity index (χ3v) is 3.37. The lowest BCUT2D eigenvalue weighted by Gasteiger charge is -2.08. The predicted molar refractivity (Wildman–Crippen MR) is 77.8 cm³/mol. The third-order valence-electron chi connectivity index (χ3n) is 2.70. The fourth-order valence-corrected chi connectivity index (χ4v) is 2.41. The van der Waals surface area contributed by atoms with Crippen molar-refractivity contribution >= 4 is 34.2 Å². The highest BCUT2D eigenvalue weighted by atomic mass is 127. The minimum absolute atomic E-state index is 0.185. The van der Waals surface area contributed by atoms with Crippen molar-refractivity contribution in [2.75, 3.05) is 5.32 Å². The Morgan fingerprint density at radius 2 is 2.06 bits per heavy atom. The van der Waals surface area contributed by atoms with Crippen molar-refractivity contribution in [1.29, 1.82) is 0 Å². The standard InChI is InChI=1S/C13H13IN2O2/c1-7-6-10(14)4-5-11(7)15-13(17)12-8(2)16-18-9(12)3/h4-6H,1-3H3,(H,15,17). The SMILES string of the molecule is Cc1cc(I)ccc1NC(=O)c1c(C)noc1C. The number of benzene rings is 1. The molecule has 1 heterocycles. The fraction of sp³-hybridized carbons (Fsp3) is 0.231. The monoisotopic (exact) mass is 356 g/mol. The van der Waals surface area contributed by atoms with Crippen LogP contribution in [0.2, 0.25) is 0 Å². The first-order valence-corrected chi connectivity index (χ1v) is 6.57. The van der Waals surface area contributed by atoms with E-state index in [1.54, 1.807) is 13.8 Å². The Hall–Kier alpha value is -1.37. The molecule has 0 radical (unpaired) electrons. The first kappa shape index (κ1) is 13.1. The van der Waals surface area contributed by atoms with Crippen molar-refractivity contribution < 1.29 is 9.32 Å². The van der Waals surface area contributed by atoms with Gasteiger partial charge in [-0.1, -0.05) is 5.16 Å². The lowest BCUT2D eigenvalue weighted by Crippen LogP contribution is -2.14. The molecular formula is C13H13IN2O2. The van der Waals surface area contributed by atoms with Gasteiger partial charge in [0.15, 0.2) is 0 Å². The van der Waals surface area contributed by atoms with Gasteiger partial charge in [-0.25, -0.2) is 0 Å². The average Bonchev–Trinajstić information content (AvgIpc) is 2.62. The summed E-state index contributed by atoms with van der Waals surface area (Å²) in [5.74, 6) is 0.351. The number of hydrogen-bond donors (Lipinski definition) is 1. The van der Waals surface area contributed by atoms with Crippen LogP contribution in [-0.2, 0) is 0 Å². The van der Waals surface area contributed by atoms with Gasteiger partial charge in [0.25, 0.3) is 5.91 Å². The minimum Gasteiger partial charge on any atom is -0.361 e. The maximum atomic E-state index is 12.1. The van der Waals surface area contributed by atoms with E-state index < -0.39 is 0 Å². The second-order valence-corrected chi connectivity index (χ2v) is 5.36. The summed E-state index contributed by atoms with van der Waals surface area (Å²) in [4.78, 5) is 12.1. The number of halogens is 1. The second kappa shape index (κ2) is 5.09. The van der Waals surface area contributed by atoms with Gasteiger partial charge in [0.2, 0.25) is 0 Å². The Morgan fingerprint density at radius 1 is 1.33 bits per heavy atom. The second-order valence-electron chi connectivity index (χ2n) is 4.11. The summed E-state index contributed by atoms with van der Waals surface area (Å²) in [6.07, 6.45) is 0. The van der Waals surface area contributed by atoms with Crippen LogP contribution in [0.5, 0.6) is 0 Å². The molecule has 0 saturated carbocycles. The number of rotatable bonds is 2. The highest BCUT2D eigenvalue weighted by Crippen LogP contribution is 2.20. The van der Waals surface area contributed by atoms with E-state index in [0.29, 0.717) is 17.0 Å². The van der Waals surface area contributed by atoms with Gasteiger partial charge < -0.3 is 9.84 Å². The summed E-state index contributed by atoms with van der Waals surface area (Å²) in [6, 6.07) is 5.87. The molecule has 1 N–H and O–H groups in total. The largest absolute Gasteiger partial charge is 0.361 e. The van der Waals surface area contributed by atoms with E-state index in [1.807, 2.05) is 25.1 Å². The number of carbonyl (C=O) groups is 1. The Morgan fingerprint density at radius 3 is 2.61 bits per heavy atom. The lowest BCUT2D eigenvalue weighted by molar-refractivity contribution is 0.102. The topological polar surface area (TPSA) is 55.1 Å². The molecule has 1 aromatic carbocycles. The molecule has 0 aliphatic heterocycles. The van der Waals surface area contributed by atoms with Gasteiger partial charge in [-0.05, 0) is 67.1 Å². The molecule has 0 fully saturated rings. The predicted octanol–water partition coefficient (Wildman–Crippen LogP) is 3.46. The van der Waals surface area contributed by atoms with Crippen LogP contribution < -0.4 is 5.32 Å². The third kappa shape index (κ3) is 2.55. The number of amides is 1. The summed E-state index contributed by atoms with van der Waals surface area (Å²) < 4.78 is 6.13. The number of hydrogen-bond acceptors (Lipinski definition) is 3. The first-order chi connectivity index (χ1) is 8.49. The van der Waals surface area contributed by atoms with Crippen LogP contribution in [0.25, 0.3) is 0 Å². The number of aryl methyl sites for hydroxylation is 3. The highest BCUT2D eigenvalue weighted by molar-refractivity contribution is 14.1. The Labute approximate surface area is 119 Å². The summed E-state index contributed by atoms with van der Waals surface area (Å²) in [5, 5.41) is 6.66. The molecule has 5 heteroatoms. The normalized spacial score (nSPS) is 10.4. The van der Waals surface area contributed by atoms with Gasteiger partial charge in [-0.3, -0.25) is 4.79 Å². The quantitative estimate of drug-likeness (QED) is 0.839. The van der Waals surface area contributed by atoms with Gasteiger partial charge in [-0.15, -0.1) is 0 Å². The van der Waals surface area contributed by atoms with Crippen LogP contribution in [0.1, 0.15) is 27.4 Å². The number of nitrogens with zero attached hydrogens (tertiary/aromatic N) is 1. The van der Waals surface area contributed by atoms with Crippen LogP contribution in [0, 0.1) is 24.3 Å². The van der Waals surface area contributed by atoms with Gasteiger partial charge in [-0.2, -0.15) is 0 Å². The van der Waals surface area contributed by atoms with Crippen LogP contribution in [0.4, 0.5) is 5.69 Å². The molecule has 0 aliphatic rings. The number of anilines is 1. The maximum Gasteiger partial charge on any atom is 0.261 e. The van der Waals surface area contributed by atoms with Crippen molar-refractivity contribution in [1.82, 2.24) is 5.16 Å². The minimum atomic E-state index is -0.185. The molecule has 0 saturated heterocycles. The molecule has 1 amide bonds.